The van der Waals surface area contributed by atoms with Gasteiger partial charge in [0.05, 0.1) is 0 Å². The molecule has 30 heavy (non-hydrogen) atoms. The van der Waals surface area contributed by atoms with Crippen molar-refractivity contribution < 1.29 is 18.4 Å². The first kappa shape index (κ1) is 19.3. The van der Waals surface area contributed by atoms with E-state index >= 15 is 0 Å². The minimum atomic E-state index is -0.612. The fourth-order valence-corrected chi connectivity index (χ4v) is 3.35. The number of nitrogens with two attached hydrogens (primary N) is 1. The molecule has 0 atom stereocenters. The van der Waals surface area contributed by atoms with Gasteiger partial charge in [0.15, 0.2) is 0 Å². The van der Waals surface area contributed by atoms with E-state index < -0.39 is 11.7 Å². The third-order valence-electron chi connectivity index (χ3n) is 4.75. The Balaban J connectivity index is 1.67. The molecule has 4 rings (SSSR count). The lowest BCUT2D eigenvalue weighted by atomic mass is 10.2. The molecule has 0 bridgehead atoms. The second kappa shape index (κ2) is 7.79. The Kier molecular flexibility index (Phi) is 5.02. The number of anilines is 1. The highest BCUT2D eigenvalue weighted by atomic mass is 19.1. The summed E-state index contributed by atoms with van der Waals surface area (Å²) < 4.78 is 28.3. The Hall–Kier alpha value is -4.00. The molecule has 3 aromatic carbocycles. The number of nitrogens with zero attached hydrogens (tertiary/aromatic N) is 1. The average molecular weight is 405 g/mol. The van der Waals surface area contributed by atoms with Gasteiger partial charge in [-0.05, 0) is 66.2 Å². The highest BCUT2D eigenvalue weighted by molar-refractivity contribution is 6.05. The SMILES string of the molecule is NC(=O)c1cc2cc(NC(=O)c3ccc(F)cc3)ccc2n1Cc1cccc(F)c1. The topological polar surface area (TPSA) is 77.1 Å². The summed E-state index contributed by atoms with van der Waals surface area (Å²) in [6.45, 7) is 0.265. The van der Waals surface area contributed by atoms with Gasteiger partial charge in [-0.2, -0.15) is 0 Å². The number of halogens is 2. The smallest absolute Gasteiger partial charge is 0.265 e. The number of aromatic nitrogens is 1. The predicted octanol–water partition coefficient (Wildman–Crippen LogP) is 4.32. The molecule has 3 N–H and O–H groups in total. The van der Waals surface area contributed by atoms with E-state index in [1.54, 1.807) is 41.0 Å². The maximum absolute atomic E-state index is 13.5. The van der Waals surface area contributed by atoms with Crippen molar-refractivity contribution in [3.8, 4) is 0 Å². The zero-order valence-electron chi connectivity index (χ0n) is 15.7. The minimum Gasteiger partial charge on any atom is -0.364 e. The van der Waals surface area contributed by atoms with Crippen molar-refractivity contribution in [1.29, 1.82) is 0 Å². The van der Waals surface area contributed by atoms with Gasteiger partial charge in [-0.3, -0.25) is 9.59 Å². The zero-order valence-corrected chi connectivity index (χ0v) is 15.7. The number of amides is 2. The first-order valence-corrected chi connectivity index (χ1v) is 9.15. The monoisotopic (exact) mass is 405 g/mol. The number of carbonyl (C=O) groups is 2. The molecule has 150 valence electrons. The minimum absolute atomic E-state index is 0.265. The van der Waals surface area contributed by atoms with E-state index in [2.05, 4.69) is 5.32 Å². The molecule has 5 nitrogen and oxygen atoms in total. The molecular weight excluding hydrogens is 388 g/mol. The van der Waals surface area contributed by atoms with Crippen LogP contribution in [0.3, 0.4) is 0 Å². The molecule has 4 aromatic rings. The van der Waals surface area contributed by atoms with Crippen LogP contribution in [0.15, 0.2) is 72.8 Å². The van der Waals surface area contributed by atoms with Crippen molar-refractivity contribution in [2.45, 2.75) is 6.54 Å². The van der Waals surface area contributed by atoms with E-state index in [1.807, 2.05) is 0 Å². The first-order chi connectivity index (χ1) is 14.4. The Labute approximate surface area is 170 Å². The third kappa shape index (κ3) is 3.91. The van der Waals surface area contributed by atoms with Crippen LogP contribution in [0.5, 0.6) is 0 Å². The molecule has 1 aromatic heterocycles. The van der Waals surface area contributed by atoms with Gasteiger partial charge in [-0.25, -0.2) is 8.78 Å². The number of nitrogens with one attached hydrogen (secondary N) is 1. The van der Waals surface area contributed by atoms with Gasteiger partial charge in [-0.15, -0.1) is 0 Å². The van der Waals surface area contributed by atoms with Gasteiger partial charge in [0.1, 0.15) is 17.3 Å². The number of hydrogen-bond acceptors (Lipinski definition) is 2. The Morgan fingerprint density at radius 2 is 1.67 bits per heavy atom. The number of benzene rings is 3. The third-order valence-corrected chi connectivity index (χ3v) is 4.75. The molecule has 0 aliphatic carbocycles. The normalized spacial score (nSPS) is 10.9. The van der Waals surface area contributed by atoms with Crippen molar-refractivity contribution in [2.24, 2.45) is 5.73 Å². The summed E-state index contributed by atoms with van der Waals surface area (Å²) in [6.07, 6.45) is 0. The van der Waals surface area contributed by atoms with Gasteiger partial charge in [0.25, 0.3) is 11.8 Å². The molecule has 0 radical (unpaired) electrons. The standard InChI is InChI=1S/C23H17F2N3O2/c24-17-6-4-15(5-7-17)23(30)27-19-8-9-20-16(11-19)12-21(22(26)29)28(20)13-14-2-1-3-18(25)10-14/h1-12H,13H2,(H2,26,29)(H,27,30). The van der Waals surface area contributed by atoms with Crippen molar-refractivity contribution in [1.82, 2.24) is 4.57 Å². The molecule has 0 aliphatic heterocycles. The second-order valence-electron chi connectivity index (χ2n) is 6.84. The van der Waals surface area contributed by atoms with Crippen LogP contribution < -0.4 is 11.1 Å². The number of hydrogen-bond donors (Lipinski definition) is 2. The average Bonchev–Trinajstić information content (AvgIpc) is 3.06. The highest BCUT2D eigenvalue weighted by Crippen LogP contribution is 2.25. The van der Waals surface area contributed by atoms with E-state index in [0.29, 0.717) is 27.7 Å². The van der Waals surface area contributed by atoms with Gasteiger partial charge in [-0.1, -0.05) is 12.1 Å². The zero-order chi connectivity index (χ0) is 21.3. The summed E-state index contributed by atoms with van der Waals surface area (Å²) >= 11 is 0. The predicted molar refractivity (Wildman–Crippen MR) is 110 cm³/mol. The molecule has 7 heteroatoms. The number of primary amides is 1. The maximum Gasteiger partial charge on any atom is 0.265 e. The van der Waals surface area contributed by atoms with Crippen molar-refractivity contribution in [3.05, 3.63) is 101 Å². The lowest BCUT2D eigenvalue weighted by Crippen LogP contribution is -2.17. The quantitative estimate of drug-likeness (QED) is 0.519. The lowest BCUT2D eigenvalue weighted by molar-refractivity contribution is 0.0990. The summed E-state index contributed by atoms with van der Waals surface area (Å²) in [5, 5.41) is 3.44. The van der Waals surface area contributed by atoms with Crippen molar-refractivity contribution >= 4 is 28.4 Å². The molecule has 0 unspecified atom stereocenters. The molecule has 0 spiro atoms. The van der Waals surface area contributed by atoms with E-state index in [9.17, 15) is 18.4 Å². The summed E-state index contributed by atoms with van der Waals surface area (Å²) in [6, 6.07) is 18.1. The van der Waals surface area contributed by atoms with Gasteiger partial charge < -0.3 is 15.6 Å². The van der Waals surface area contributed by atoms with Gasteiger partial charge in [0.2, 0.25) is 0 Å². The van der Waals surface area contributed by atoms with E-state index in [-0.39, 0.29) is 24.0 Å². The van der Waals surface area contributed by atoms with Crippen molar-refractivity contribution in [2.75, 3.05) is 5.32 Å². The van der Waals surface area contributed by atoms with E-state index in [1.165, 1.54) is 36.4 Å². The molecule has 2 amide bonds. The summed E-state index contributed by atoms with van der Waals surface area (Å²) in [7, 11) is 0. The lowest BCUT2D eigenvalue weighted by Gasteiger charge is -2.10. The molecular formula is C23H17F2N3O2. The fourth-order valence-electron chi connectivity index (χ4n) is 3.35. The molecule has 0 saturated heterocycles. The van der Waals surface area contributed by atoms with E-state index in [0.717, 1.165) is 0 Å². The fraction of sp³-hybridized carbons (Fsp3) is 0.0435. The van der Waals surface area contributed by atoms with Crippen LogP contribution in [0.1, 0.15) is 26.4 Å². The Bertz CT molecular complexity index is 1260. The largest absolute Gasteiger partial charge is 0.364 e. The summed E-state index contributed by atoms with van der Waals surface area (Å²) in [5.41, 5.74) is 8.04. The van der Waals surface area contributed by atoms with Crippen molar-refractivity contribution in [3.63, 3.8) is 0 Å². The first-order valence-electron chi connectivity index (χ1n) is 9.15. The second-order valence-corrected chi connectivity index (χ2v) is 6.84. The van der Waals surface area contributed by atoms with Crippen LogP contribution in [0.2, 0.25) is 0 Å². The molecule has 0 aliphatic rings. The van der Waals surface area contributed by atoms with Gasteiger partial charge >= 0.3 is 0 Å². The van der Waals surface area contributed by atoms with Crippen LogP contribution in [0, 0.1) is 11.6 Å². The van der Waals surface area contributed by atoms with Crippen LogP contribution in [-0.4, -0.2) is 16.4 Å². The van der Waals surface area contributed by atoms with Crippen LogP contribution >= 0.6 is 0 Å². The summed E-state index contributed by atoms with van der Waals surface area (Å²) in [5.74, 6) is -1.79. The number of carbonyl (C=O) groups excluding carboxylic acids is 2. The van der Waals surface area contributed by atoms with E-state index in [4.69, 9.17) is 5.73 Å². The highest BCUT2D eigenvalue weighted by Gasteiger charge is 2.15. The molecule has 1 heterocycles. The van der Waals surface area contributed by atoms with Crippen LogP contribution in [0.4, 0.5) is 14.5 Å². The Morgan fingerprint density at radius 3 is 2.37 bits per heavy atom. The van der Waals surface area contributed by atoms with Crippen LogP contribution in [0.25, 0.3) is 10.9 Å². The number of rotatable bonds is 5. The summed E-state index contributed by atoms with van der Waals surface area (Å²) in [4.78, 5) is 24.3. The molecule has 0 fully saturated rings. The Morgan fingerprint density at radius 1 is 0.900 bits per heavy atom. The van der Waals surface area contributed by atoms with Gasteiger partial charge in [0, 0.05) is 28.7 Å². The maximum atomic E-state index is 13.5. The van der Waals surface area contributed by atoms with Crippen LogP contribution in [-0.2, 0) is 6.54 Å². The molecule has 0 saturated carbocycles. The number of fused-ring (bicyclic) bond motifs is 1.